The topological polar surface area (TPSA) is 53.3 Å². The molecule has 7 heteroatoms. The molecule has 3 heterocycles. The summed E-state index contributed by atoms with van der Waals surface area (Å²) in [7, 11) is 0. The SMILES string of the molecule is O[C@H]1CN(c2cc(Cl)cc(Cl)c2)C2=C1c1nc3ccccc3n1CN2. The quantitative estimate of drug-likeness (QED) is 0.686. The molecule has 2 aromatic carbocycles. The lowest BCUT2D eigenvalue weighted by Crippen LogP contribution is -2.33. The molecular formula is C18H14Cl2N4O. The monoisotopic (exact) mass is 372 g/mol. The van der Waals surface area contributed by atoms with Crippen molar-refractivity contribution in [2.75, 3.05) is 11.4 Å². The highest BCUT2D eigenvalue weighted by atomic mass is 35.5. The Morgan fingerprint density at radius 1 is 1.12 bits per heavy atom. The fraction of sp³-hybridized carbons (Fsp3) is 0.167. The predicted octanol–water partition coefficient (Wildman–Crippen LogP) is 3.45. The minimum atomic E-state index is -0.642. The number of β-amino-alcohol motifs (C(OH)–C–C–N with tert-alkyl or cyclic N) is 1. The lowest BCUT2D eigenvalue weighted by atomic mass is 10.1. The second kappa shape index (κ2) is 5.39. The van der Waals surface area contributed by atoms with E-state index in [4.69, 9.17) is 28.2 Å². The number of hydrogen-bond donors (Lipinski definition) is 2. The lowest BCUT2D eigenvalue weighted by Gasteiger charge is -2.27. The molecule has 1 atom stereocenters. The first-order valence-electron chi connectivity index (χ1n) is 7.97. The van der Waals surface area contributed by atoms with Gasteiger partial charge in [-0.05, 0) is 30.3 Å². The summed E-state index contributed by atoms with van der Waals surface area (Å²) in [6, 6.07) is 13.4. The van der Waals surface area contributed by atoms with Crippen LogP contribution in [0.2, 0.25) is 10.0 Å². The molecular weight excluding hydrogens is 359 g/mol. The molecule has 2 aliphatic heterocycles. The molecule has 0 radical (unpaired) electrons. The van der Waals surface area contributed by atoms with Crippen molar-refractivity contribution < 1.29 is 5.11 Å². The third kappa shape index (κ3) is 2.24. The number of aromatic nitrogens is 2. The van der Waals surface area contributed by atoms with Gasteiger partial charge in [-0.2, -0.15) is 0 Å². The highest BCUT2D eigenvalue weighted by Crippen LogP contribution is 2.38. The minimum Gasteiger partial charge on any atom is -0.386 e. The number of nitrogens with one attached hydrogen (secondary N) is 1. The Morgan fingerprint density at radius 2 is 1.88 bits per heavy atom. The number of para-hydroxylation sites is 2. The molecule has 5 rings (SSSR count). The zero-order valence-corrected chi connectivity index (χ0v) is 14.6. The third-order valence-corrected chi connectivity index (χ3v) is 5.11. The molecule has 0 saturated heterocycles. The summed E-state index contributed by atoms with van der Waals surface area (Å²) in [6.07, 6.45) is -0.642. The number of aliphatic hydroxyl groups is 1. The van der Waals surface area contributed by atoms with E-state index in [0.717, 1.165) is 33.9 Å². The Labute approximate surface area is 154 Å². The first-order valence-corrected chi connectivity index (χ1v) is 8.73. The standard InChI is InChI=1S/C18H14Cl2N4O/c19-10-5-11(20)7-12(6-10)23-8-15(25)16-17(23)21-9-24-14-4-2-1-3-13(14)22-18(16)24/h1-7,15,21,25H,8-9H2/t15-/m0/s1. The van der Waals surface area contributed by atoms with Gasteiger partial charge in [0.15, 0.2) is 0 Å². The fourth-order valence-electron chi connectivity index (χ4n) is 3.63. The summed E-state index contributed by atoms with van der Waals surface area (Å²) in [4.78, 5) is 6.74. The van der Waals surface area contributed by atoms with Crippen molar-refractivity contribution in [2.45, 2.75) is 12.8 Å². The van der Waals surface area contributed by atoms with Crippen LogP contribution in [0.25, 0.3) is 16.6 Å². The maximum atomic E-state index is 10.7. The second-order valence-electron chi connectivity index (χ2n) is 6.20. The Balaban J connectivity index is 1.68. The van der Waals surface area contributed by atoms with Gasteiger partial charge in [0.2, 0.25) is 0 Å². The predicted molar refractivity (Wildman–Crippen MR) is 99.6 cm³/mol. The van der Waals surface area contributed by atoms with Crippen LogP contribution in [0.5, 0.6) is 0 Å². The number of rotatable bonds is 1. The third-order valence-electron chi connectivity index (χ3n) is 4.67. The number of hydrogen-bond acceptors (Lipinski definition) is 4. The molecule has 0 fully saturated rings. The van der Waals surface area contributed by atoms with Crippen LogP contribution in [-0.2, 0) is 6.67 Å². The van der Waals surface area contributed by atoms with E-state index in [1.54, 1.807) is 6.07 Å². The highest BCUT2D eigenvalue weighted by Gasteiger charge is 2.37. The fourth-order valence-corrected chi connectivity index (χ4v) is 4.14. The molecule has 2 aliphatic rings. The van der Waals surface area contributed by atoms with Crippen LogP contribution in [0.4, 0.5) is 5.69 Å². The summed E-state index contributed by atoms with van der Waals surface area (Å²) in [5.74, 6) is 1.66. The van der Waals surface area contributed by atoms with Gasteiger partial charge in [-0.15, -0.1) is 0 Å². The summed E-state index contributed by atoms with van der Waals surface area (Å²) < 4.78 is 2.09. The largest absolute Gasteiger partial charge is 0.386 e. The first-order chi connectivity index (χ1) is 12.1. The number of imidazole rings is 1. The smallest absolute Gasteiger partial charge is 0.144 e. The lowest BCUT2D eigenvalue weighted by molar-refractivity contribution is 0.246. The summed E-state index contributed by atoms with van der Waals surface area (Å²) in [6.45, 7) is 1.02. The number of anilines is 1. The average molecular weight is 373 g/mol. The van der Waals surface area contributed by atoms with Gasteiger partial charge >= 0.3 is 0 Å². The summed E-state index contributed by atoms with van der Waals surface area (Å²) in [5, 5.41) is 15.3. The maximum absolute atomic E-state index is 10.7. The molecule has 25 heavy (non-hydrogen) atoms. The number of benzene rings is 2. The molecule has 3 aromatic rings. The van der Waals surface area contributed by atoms with Crippen LogP contribution in [0.15, 0.2) is 48.3 Å². The molecule has 0 bridgehead atoms. The van der Waals surface area contributed by atoms with E-state index in [-0.39, 0.29) is 0 Å². The zero-order valence-electron chi connectivity index (χ0n) is 13.1. The van der Waals surface area contributed by atoms with Gasteiger partial charge in [0.05, 0.1) is 29.8 Å². The van der Waals surface area contributed by atoms with Crippen molar-refractivity contribution in [2.24, 2.45) is 0 Å². The van der Waals surface area contributed by atoms with Gasteiger partial charge in [-0.3, -0.25) is 0 Å². The number of fused-ring (bicyclic) bond motifs is 4. The zero-order chi connectivity index (χ0) is 17.1. The number of nitrogens with zero attached hydrogens (tertiary/aromatic N) is 3. The summed E-state index contributed by atoms with van der Waals surface area (Å²) >= 11 is 12.3. The Morgan fingerprint density at radius 3 is 2.68 bits per heavy atom. The molecule has 0 saturated carbocycles. The number of halogens is 2. The van der Waals surface area contributed by atoms with Gasteiger partial charge in [-0.25, -0.2) is 4.98 Å². The molecule has 0 unspecified atom stereocenters. The van der Waals surface area contributed by atoms with Gasteiger partial charge in [-0.1, -0.05) is 35.3 Å². The van der Waals surface area contributed by atoms with Gasteiger partial charge in [0.25, 0.3) is 0 Å². The van der Waals surface area contributed by atoms with Crippen LogP contribution >= 0.6 is 23.2 Å². The maximum Gasteiger partial charge on any atom is 0.144 e. The molecule has 2 N–H and O–H groups in total. The molecule has 126 valence electrons. The van der Waals surface area contributed by atoms with Crippen LogP contribution in [0, 0.1) is 0 Å². The molecule has 1 aromatic heterocycles. The van der Waals surface area contributed by atoms with E-state index in [1.165, 1.54) is 0 Å². The van der Waals surface area contributed by atoms with Crippen molar-refractivity contribution in [3.8, 4) is 0 Å². The highest BCUT2D eigenvalue weighted by molar-refractivity contribution is 6.35. The van der Waals surface area contributed by atoms with Gasteiger partial charge in [0, 0.05) is 15.7 Å². The van der Waals surface area contributed by atoms with Crippen molar-refractivity contribution in [1.29, 1.82) is 0 Å². The van der Waals surface area contributed by atoms with E-state index < -0.39 is 6.10 Å². The normalized spacial score (nSPS) is 19.2. The van der Waals surface area contributed by atoms with E-state index in [1.807, 2.05) is 41.3 Å². The van der Waals surface area contributed by atoms with Crippen LogP contribution in [-0.4, -0.2) is 27.3 Å². The molecule has 0 aliphatic carbocycles. The summed E-state index contributed by atoms with van der Waals surface area (Å²) in [5.41, 5.74) is 3.62. The van der Waals surface area contributed by atoms with E-state index >= 15 is 0 Å². The van der Waals surface area contributed by atoms with Crippen LogP contribution in [0.1, 0.15) is 5.82 Å². The Bertz CT molecular complexity index is 1020. The van der Waals surface area contributed by atoms with E-state index in [9.17, 15) is 5.11 Å². The molecule has 5 nitrogen and oxygen atoms in total. The second-order valence-corrected chi connectivity index (χ2v) is 7.08. The Kier molecular flexibility index (Phi) is 3.25. The van der Waals surface area contributed by atoms with Gasteiger partial charge in [0.1, 0.15) is 17.7 Å². The average Bonchev–Trinajstić information content (AvgIpc) is 3.12. The first kappa shape index (κ1) is 15.1. The van der Waals surface area contributed by atoms with Crippen LogP contribution in [0.3, 0.4) is 0 Å². The Hall–Kier alpha value is -2.21. The van der Waals surface area contributed by atoms with Crippen molar-refractivity contribution in [1.82, 2.24) is 14.9 Å². The number of aliphatic hydroxyl groups excluding tert-OH is 1. The van der Waals surface area contributed by atoms with Crippen molar-refractivity contribution in [3.05, 3.63) is 64.2 Å². The van der Waals surface area contributed by atoms with Crippen molar-refractivity contribution >= 4 is 45.5 Å². The van der Waals surface area contributed by atoms with Crippen LogP contribution < -0.4 is 10.2 Å². The van der Waals surface area contributed by atoms with Crippen molar-refractivity contribution in [3.63, 3.8) is 0 Å². The minimum absolute atomic E-state index is 0.428. The van der Waals surface area contributed by atoms with E-state index in [0.29, 0.717) is 23.3 Å². The molecule has 0 spiro atoms. The van der Waals surface area contributed by atoms with E-state index in [2.05, 4.69) is 9.88 Å². The van der Waals surface area contributed by atoms with Gasteiger partial charge < -0.3 is 19.9 Å². The molecule has 0 amide bonds.